The van der Waals surface area contributed by atoms with Gasteiger partial charge in [0.15, 0.2) is 5.82 Å². The number of hydrogen-bond donors (Lipinski definition) is 2. The van der Waals surface area contributed by atoms with Gasteiger partial charge in [0, 0.05) is 19.3 Å². The number of benzene rings is 1. The highest BCUT2D eigenvalue weighted by Gasteiger charge is 2.33. The van der Waals surface area contributed by atoms with Crippen molar-refractivity contribution in [2.45, 2.75) is 87.6 Å². The van der Waals surface area contributed by atoms with Crippen molar-refractivity contribution in [3.05, 3.63) is 40.7 Å². The Morgan fingerprint density at radius 3 is 2.44 bits per heavy atom. The first kappa shape index (κ1) is 28.2. The minimum absolute atomic E-state index is 0.0477. The van der Waals surface area contributed by atoms with Gasteiger partial charge in [-0.15, -0.1) is 0 Å². The van der Waals surface area contributed by atoms with E-state index in [1.807, 2.05) is 0 Å². The lowest BCUT2D eigenvalue weighted by atomic mass is 9.86. The summed E-state index contributed by atoms with van der Waals surface area (Å²) < 4.78 is 33.6. The lowest BCUT2D eigenvalue weighted by molar-refractivity contribution is 0.203. The average molecular weight is 600 g/mol. The van der Waals surface area contributed by atoms with Crippen molar-refractivity contribution in [1.29, 1.82) is 0 Å². The Morgan fingerprint density at radius 2 is 1.78 bits per heavy atom. The van der Waals surface area contributed by atoms with Crippen LogP contribution in [0, 0.1) is 6.92 Å². The van der Waals surface area contributed by atoms with Gasteiger partial charge < -0.3 is 20.3 Å². The van der Waals surface area contributed by atoms with Crippen molar-refractivity contribution >= 4 is 44.6 Å². The van der Waals surface area contributed by atoms with Crippen LogP contribution in [-0.4, -0.2) is 63.6 Å². The number of halogens is 1. The smallest absolute Gasteiger partial charge is 0.229 e. The van der Waals surface area contributed by atoms with Gasteiger partial charge in [-0.2, -0.15) is 10.1 Å². The molecule has 0 radical (unpaired) electrons. The van der Waals surface area contributed by atoms with Crippen LogP contribution in [0.25, 0.3) is 0 Å². The third-order valence-corrected chi connectivity index (χ3v) is 10.5. The van der Waals surface area contributed by atoms with E-state index in [0.29, 0.717) is 17.6 Å². The molecule has 3 aliphatic rings. The summed E-state index contributed by atoms with van der Waals surface area (Å²) in [4.78, 5) is 11.6. The number of aromatic nitrogens is 4. The molecular weight excluding hydrogens is 562 g/mol. The molecule has 6 rings (SSSR count). The van der Waals surface area contributed by atoms with Crippen LogP contribution >= 0.6 is 11.6 Å². The van der Waals surface area contributed by atoms with E-state index in [1.54, 1.807) is 27.1 Å². The molecule has 10 nitrogen and oxygen atoms in total. The molecule has 0 bridgehead atoms. The van der Waals surface area contributed by atoms with Gasteiger partial charge in [-0.1, -0.05) is 11.6 Å². The normalized spacial score (nSPS) is 18.6. The van der Waals surface area contributed by atoms with Gasteiger partial charge in [0.1, 0.15) is 10.8 Å². The van der Waals surface area contributed by atoms with E-state index in [0.717, 1.165) is 30.3 Å². The molecule has 12 heteroatoms. The molecule has 2 N–H and O–H groups in total. The van der Waals surface area contributed by atoms with Gasteiger partial charge in [-0.25, -0.2) is 13.4 Å². The predicted octanol–water partition coefficient (Wildman–Crippen LogP) is 5.72. The number of aryl methyl sites for hydroxylation is 2. The van der Waals surface area contributed by atoms with E-state index in [1.165, 1.54) is 60.8 Å². The third-order valence-electron chi connectivity index (χ3n) is 8.15. The number of piperidine rings is 1. The van der Waals surface area contributed by atoms with Crippen molar-refractivity contribution in [2.24, 2.45) is 7.05 Å². The number of nitrogens with zero attached hydrogens (tertiary/aromatic N) is 5. The number of rotatable bonds is 10. The average Bonchev–Trinajstić information content (AvgIpc) is 3.87. The Kier molecular flexibility index (Phi) is 7.63. The van der Waals surface area contributed by atoms with Crippen LogP contribution in [0.4, 0.5) is 23.1 Å². The monoisotopic (exact) mass is 599 g/mol. The molecule has 3 fully saturated rings. The van der Waals surface area contributed by atoms with Crippen molar-refractivity contribution in [3.63, 3.8) is 0 Å². The summed E-state index contributed by atoms with van der Waals surface area (Å²) in [5, 5.41) is 10.2. The van der Waals surface area contributed by atoms with Gasteiger partial charge in [-0.05, 0) is 102 Å². The summed E-state index contributed by atoms with van der Waals surface area (Å²) in [5.74, 6) is 1.93. The van der Waals surface area contributed by atoms with Gasteiger partial charge in [0.25, 0.3) is 0 Å². The highest BCUT2D eigenvalue weighted by Crippen LogP contribution is 2.41. The van der Waals surface area contributed by atoms with Crippen LogP contribution in [0.2, 0.25) is 5.02 Å². The second kappa shape index (κ2) is 11.1. The van der Waals surface area contributed by atoms with Gasteiger partial charge in [0.2, 0.25) is 20.8 Å². The summed E-state index contributed by atoms with van der Waals surface area (Å²) in [6.07, 6.45) is 10.5. The second-order valence-corrected chi connectivity index (χ2v) is 14.6. The van der Waals surface area contributed by atoms with Crippen LogP contribution in [-0.2, 0) is 16.9 Å². The molecule has 2 aromatic heterocycles. The van der Waals surface area contributed by atoms with E-state index in [9.17, 15) is 8.42 Å². The summed E-state index contributed by atoms with van der Waals surface area (Å²) in [6.45, 7) is 7.74. The third kappa shape index (κ3) is 6.17. The molecule has 0 atom stereocenters. The van der Waals surface area contributed by atoms with E-state index in [2.05, 4.69) is 49.7 Å². The summed E-state index contributed by atoms with van der Waals surface area (Å²) in [5.41, 5.74) is 3.67. The molecule has 3 aromatic rings. The number of anilines is 4. The fourth-order valence-electron chi connectivity index (χ4n) is 5.47. The lowest BCUT2D eigenvalue weighted by Gasteiger charge is -2.33. The first-order chi connectivity index (χ1) is 19.6. The Balaban J connectivity index is 1.25. The molecule has 0 amide bonds. The van der Waals surface area contributed by atoms with E-state index >= 15 is 0 Å². The van der Waals surface area contributed by atoms with Gasteiger partial charge >= 0.3 is 0 Å². The van der Waals surface area contributed by atoms with Gasteiger partial charge in [-0.3, -0.25) is 4.68 Å². The van der Waals surface area contributed by atoms with Crippen LogP contribution < -0.4 is 15.4 Å². The Morgan fingerprint density at radius 1 is 1.05 bits per heavy atom. The fraction of sp³-hybridized carbons (Fsp3) is 0.552. The molecule has 220 valence electrons. The van der Waals surface area contributed by atoms with E-state index < -0.39 is 15.1 Å². The highest BCUT2D eigenvalue weighted by atomic mass is 35.5. The second-order valence-electron chi connectivity index (χ2n) is 11.8. The predicted molar refractivity (Wildman–Crippen MR) is 161 cm³/mol. The maximum Gasteiger partial charge on any atom is 0.229 e. The SMILES string of the molecule is Cc1cc(Nc2ncc(Cl)c(Nc3cn(C)nc3S(=O)(=O)C(C)C)n2)c(OC2CC2)cc1C1CCN(C2CC2)CC1. The molecule has 2 saturated carbocycles. The molecule has 1 saturated heterocycles. The highest BCUT2D eigenvalue weighted by molar-refractivity contribution is 7.92. The van der Waals surface area contributed by atoms with Crippen LogP contribution in [0.1, 0.15) is 69.4 Å². The number of likely N-dealkylation sites (tertiary alicyclic amines) is 1. The van der Waals surface area contributed by atoms with Gasteiger partial charge in [0.05, 0.1) is 28.9 Å². The molecule has 2 aliphatic carbocycles. The van der Waals surface area contributed by atoms with Crippen LogP contribution in [0.5, 0.6) is 5.75 Å². The quantitative estimate of drug-likeness (QED) is 0.302. The maximum atomic E-state index is 12.9. The first-order valence-electron chi connectivity index (χ1n) is 14.5. The zero-order valence-corrected chi connectivity index (χ0v) is 25.6. The zero-order valence-electron chi connectivity index (χ0n) is 24.0. The molecule has 1 aliphatic heterocycles. The Bertz CT molecular complexity index is 1540. The van der Waals surface area contributed by atoms with E-state index in [-0.39, 0.29) is 22.0 Å². The zero-order chi connectivity index (χ0) is 28.9. The Labute approximate surface area is 246 Å². The van der Waals surface area contributed by atoms with Crippen molar-refractivity contribution < 1.29 is 13.2 Å². The summed E-state index contributed by atoms with van der Waals surface area (Å²) in [7, 11) is -1.96. The number of sulfone groups is 1. The topological polar surface area (TPSA) is 114 Å². The first-order valence-corrected chi connectivity index (χ1v) is 16.4. The van der Waals surface area contributed by atoms with Crippen LogP contribution in [0.3, 0.4) is 0 Å². The fourth-order valence-corrected chi connectivity index (χ4v) is 6.71. The minimum Gasteiger partial charge on any atom is -0.488 e. The number of nitrogens with one attached hydrogen (secondary N) is 2. The van der Waals surface area contributed by atoms with Crippen molar-refractivity contribution in [3.8, 4) is 5.75 Å². The summed E-state index contributed by atoms with van der Waals surface area (Å²) >= 11 is 6.44. The van der Waals surface area contributed by atoms with Crippen molar-refractivity contribution in [1.82, 2.24) is 24.6 Å². The number of ether oxygens (including phenoxy) is 1. The number of hydrogen-bond acceptors (Lipinski definition) is 9. The standard InChI is InChI=1S/C29H38ClN7O3S/c1-17(2)41(38,39)28-25(16-36(4)35-28)32-27-23(30)15-31-29(34-27)33-24-13-18(3)22(14-26(24)40-21-7-8-21)19-9-11-37(12-10-19)20-5-6-20/h13-17,19-21H,5-12H2,1-4H3,(H2,31,32,33,34). The molecule has 41 heavy (non-hydrogen) atoms. The van der Waals surface area contributed by atoms with E-state index in [4.69, 9.17) is 16.3 Å². The molecule has 0 spiro atoms. The molecular formula is C29H38ClN7O3S. The largest absolute Gasteiger partial charge is 0.488 e. The summed E-state index contributed by atoms with van der Waals surface area (Å²) in [6, 6.07) is 5.15. The maximum absolute atomic E-state index is 12.9. The molecule has 1 aromatic carbocycles. The lowest BCUT2D eigenvalue weighted by Crippen LogP contribution is -2.34. The molecule has 3 heterocycles. The van der Waals surface area contributed by atoms with Crippen molar-refractivity contribution in [2.75, 3.05) is 23.7 Å². The Hall–Kier alpha value is -2.89. The minimum atomic E-state index is -3.63. The molecule has 0 unspecified atom stereocenters. The van der Waals surface area contributed by atoms with Crippen LogP contribution in [0.15, 0.2) is 29.6 Å².